The Bertz CT molecular complexity index is 415. The largest absolute Gasteiger partial charge is 0.394 e. The van der Waals surface area contributed by atoms with E-state index in [2.05, 4.69) is 5.32 Å². The highest BCUT2D eigenvalue weighted by Gasteiger charge is 2.45. The van der Waals surface area contributed by atoms with Crippen LogP contribution in [-0.4, -0.2) is 37.4 Å². The van der Waals surface area contributed by atoms with E-state index in [1.807, 2.05) is 30.3 Å². The quantitative estimate of drug-likeness (QED) is 0.710. The number of amides is 1. The molecule has 4 nitrogen and oxygen atoms in total. The monoisotopic (exact) mass is 277 g/mol. The second kappa shape index (κ2) is 7.41. The van der Waals surface area contributed by atoms with Crippen LogP contribution in [0.25, 0.3) is 0 Å². The molecule has 1 amide bonds. The van der Waals surface area contributed by atoms with Crippen molar-refractivity contribution in [2.45, 2.75) is 31.1 Å². The third-order valence-corrected chi connectivity index (χ3v) is 3.95. The lowest BCUT2D eigenvalue weighted by Gasteiger charge is -2.40. The molecule has 0 spiro atoms. The highest BCUT2D eigenvalue weighted by atomic mass is 16.5. The summed E-state index contributed by atoms with van der Waals surface area (Å²) >= 11 is 0. The van der Waals surface area contributed by atoms with E-state index in [4.69, 9.17) is 9.84 Å². The Hall–Kier alpha value is -1.39. The molecule has 110 valence electrons. The van der Waals surface area contributed by atoms with Crippen LogP contribution < -0.4 is 5.32 Å². The van der Waals surface area contributed by atoms with E-state index in [1.54, 1.807) is 0 Å². The van der Waals surface area contributed by atoms with Gasteiger partial charge in [0.25, 0.3) is 0 Å². The molecule has 0 radical (unpaired) electrons. The Balaban J connectivity index is 1.81. The number of ether oxygens (including phenoxy) is 1. The molecule has 20 heavy (non-hydrogen) atoms. The summed E-state index contributed by atoms with van der Waals surface area (Å²) in [6.45, 7) is 1.60. The van der Waals surface area contributed by atoms with E-state index in [0.717, 1.165) is 31.2 Å². The van der Waals surface area contributed by atoms with Crippen molar-refractivity contribution in [3.8, 4) is 0 Å². The summed E-state index contributed by atoms with van der Waals surface area (Å²) in [5, 5.41) is 11.6. The van der Waals surface area contributed by atoms with Gasteiger partial charge in [-0.2, -0.15) is 0 Å². The van der Waals surface area contributed by atoms with Crippen LogP contribution in [0.5, 0.6) is 0 Å². The zero-order valence-electron chi connectivity index (χ0n) is 11.8. The van der Waals surface area contributed by atoms with Crippen molar-refractivity contribution in [1.29, 1.82) is 0 Å². The Labute approximate surface area is 120 Å². The molecule has 0 unspecified atom stereocenters. The van der Waals surface area contributed by atoms with Gasteiger partial charge in [0, 0.05) is 13.2 Å². The molecule has 1 saturated carbocycles. The van der Waals surface area contributed by atoms with Gasteiger partial charge in [-0.3, -0.25) is 4.79 Å². The first-order chi connectivity index (χ1) is 9.79. The van der Waals surface area contributed by atoms with E-state index in [-0.39, 0.29) is 17.9 Å². The smallest absolute Gasteiger partial charge is 0.230 e. The first-order valence-corrected chi connectivity index (χ1v) is 7.32. The predicted octanol–water partition coefficient (Wildman–Crippen LogP) is 1.62. The fraction of sp³-hybridized carbons (Fsp3) is 0.562. The molecule has 0 bridgehead atoms. The van der Waals surface area contributed by atoms with Gasteiger partial charge in [0.1, 0.15) is 0 Å². The predicted molar refractivity (Wildman–Crippen MR) is 77.5 cm³/mol. The van der Waals surface area contributed by atoms with Crippen molar-refractivity contribution in [1.82, 2.24) is 5.32 Å². The van der Waals surface area contributed by atoms with Crippen LogP contribution in [0, 0.1) is 0 Å². The van der Waals surface area contributed by atoms with Crippen LogP contribution in [0.15, 0.2) is 30.3 Å². The molecule has 1 aromatic rings. The van der Waals surface area contributed by atoms with Gasteiger partial charge in [-0.15, -0.1) is 0 Å². The van der Waals surface area contributed by atoms with Gasteiger partial charge >= 0.3 is 0 Å². The van der Waals surface area contributed by atoms with Crippen LogP contribution >= 0.6 is 0 Å². The molecule has 0 saturated heterocycles. The minimum Gasteiger partial charge on any atom is -0.394 e. The number of nitrogens with one attached hydrogen (secondary N) is 1. The van der Waals surface area contributed by atoms with Crippen LogP contribution in [-0.2, 0) is 14.9 Å². The number of rotatable bonds is 8. The zero-order valence-corrected chi connectivity index (χ0v) is 11.8. The van der Waals surface area contributed by atoms with E-state index in [1.165, 1.54) is 0 Å². The minimum absolute atomic E-state index is 0.0451. The molecule has 0 aliphatic heterocycles. The van der Waals surface area contributed by atoms with Crippen molar-refractivity contribution in [2.24, 2.45) is 0 Å². The summed E-state index contributed by atoms with van der Waals surface area (Å²) < 4.78 is 5.17. The molecule has 1 aliphatic carbocycles. The molecule has 1 aromatic carbocycles. The number of aliphatic hydroxyl groups excluding tert-OH is 1. The standard InChI is InChI=1S/C16H23NO3/c18-11-13-20-12-5-10-17-15(19)16(8-4-9-16)14-6-2-1-3-7-14/h1-3,6-7,18H,4-5,8-13H2,(H,17,19). The maximum absolute atomic E-state index is 12.4. The Kier molecular flexibility index (Phi) is 5.56. The minimum atomic E-state index is -0.312. The molecule has 1 aliphatic rings. The van der Waals surface area contributed by atoms with Gasteiger partial charge in [-0.1, -0.05) is 36.8 Å². The molecule has 2 rings (SSSR count). The van der Waals surface area contributed by atoms with Crippen molar-refractivity contribution in [2.75, 3.05) is 26.4 Å². The third-order valence-electron chi connectivity index (χ3n) is 3.95. The van der Waals surface area contributed by atoms with Crippen molar-refractivity contribution >= 4 is 5.91 Å². The Morgan fingerprint density at radius 1 is 1.25 bits per heavy atom. The molecule has 1 fully saturated rings. The summed E-state index contributed by atoms with van der Waals surface area (Å²) in [5.41, 5.74) is 0.813. The van der Waals surface area contributed by atoms with E-state index in [0.29, 0.717) is 19.8 Å². The van der Waals surface area contributed by atoms with Gasteiger partial charge in [-0.05, 0) is 24.8 Å². The van der Waals surface area contributed by atoms with Gasteiger partial charge in [0.05, 0.1) is 18.6 Å². The average Bonchev–Trinajstić information content (AvgIpc) is 2.43. The molecule has 0 aromatic heterocycles. The first kappa shape index (κ1) is 15.0. The summed E-state index contributed by atoms with van der Waals surface area (Å²) in [6.07, 6.45) is 3.76. The molecular formula is C16H23NO3. The number of benzene rings is 1. The molecule has 0 heterocycles. The highest BCUT2D eigenvalue weighted by Crippen LogP contribution is 2.43. The molecule has 4 heteroatoms. The number of aliphatic hydroxyl groups is 1. The molecule has 2 N–H and O–H groups in total. The van der Waals surface area contributed by atoms with Crippen LogP contribution in [0.2, 0.25) is 0 Å². The van der Waals surface area contributed by atoms with Gasteiger partial charge in [0.15, 0.2) is 0 Å². The third kappa shape index (κ3) is 3.38. The van der Waals surface area contributed by atoms with Crippen LogP contribution in [0.3, 0.4) is 0 Å². The van der Waals surface area contributed by atoms with Crippen molar-refractivity contribution < 1.29 is 14.6 Å². The van der Waals surface area contributed by atoms with Crippen LogP contribution in [0.4, 0.5) is 0 Å². The maximum Gasteiger partial charge on any atom is 0.230 e. The summed E-state index contributed by atoms with van der Waals surface area (Å²) in [5.74, 6) is 0.136. The fourth-order valence-corrected chi connectivity index (χ4v) is 2.65. The molecular weight excluding hydrogens is 254 g/mol. The number of hydrogen-bond donors (Lipinski definition) is 2. The topological polar surface area (TPSA) is 58.6 Å². The SMILES string of the molecule is O=C(NCCCOCCO)C1(c2ccccc2)CCC1. The lowest BCUT2D eigenvalue weighted by atomic mass is 9.64. The normalized spacial score (nSPS) is 16.4. The maximum atomic E-state index is 12.4. The van der Waals surface area contributed by atoms with E-state index < -0.39 is 0 Å². The zero-order chi connectivity index (χ0) is 14.3. The van der Waals surface area contributed by atoms with E-state index in [9.17, 15) is 4.79 Å². The van der Waals surface area contributed by atoms with Gasteiger partial charge in [-0.25, -0.2) is 0 Å². The van der Waals surface area contributed by atoms with Gasteiger partial charge < -0.3 is 15.2 Å². The van der Waals surface area contributed by atoms with Gasteiger partial charge in [0.2, 0.25) is 5.91 Å². The second-order valence-electron chi connectivity index (χ2n) is 5.25. The van der Waals surface area contributed by atoms with Crippen molar-refractivity contribution in [3.63, 3.8) is 0 Å². The number of carbonyl (C=O) groups excluding carboxylic acids is 1. The Morgan fingerprint density at radius 3 is 2.60 bits per heavy atom. The lowest BCUT2D eigenvalue weighted by molar-refractivity contribution is -0.130. The fourth-order valence-electron chi connectivity index (χ4n) is 2.65. The van der Waals surface area contributed by atoms with E-state index >= 15 is 0 Å². The number of carbonyl (C=O) groups is 1. The summed E-state index contributed by atoms with van der Waals surface area (Å²) in [6, 6.07) is 10.1. The number of hydrogen-bond acceptors (Lipinski definition) is 3. The average molecular weight is 277 g/mol. The first-order valence-electron chi connectivity index (χ1n) is 7.32. The van der Waals surface area contributed by atoms with Crippen molar-refractivity contribution in [3.05, 3.63) is 35.9 Å². The summed E-state index contributed by atoms with van der Waals surface area (Å²) in [7, 11) is 0. The summed E-state index contributed by atoms with van der Waals surface area (Å²) in [4.78, 5) is 12.4. The molecule has 0 atom stereocenters. The lowest BCUT2D eigenvalue weighted by Crippen LogP contribution is -2.49. The Morgan fingerprint density at radius 2 is 2.00 bits per heavy atom. The highest BCUT2D eigenvalue weighted by molar-refractivity contribution is 5.89. The second-order valence-corrected chi connectivity index (χ2v) is 5.25. The van der Waals surface area contributed by atoms with Crippen LogP contribution in [0.1, 0.15) is 31.2 Å².